The molecule has 0 aliphatic rings. The van der Waals surface area contributed by atoms with E-state index in [2.05, 4.69) is 4.98 Å². The fourth-order valence-corrected chi connectivity index (χ4v) is 0.929. The van der Waals surface area contributed by atoms with Crippen LogP contribution in [0.1, 0.15) is 10.4 Å². The number of pyridine rings is 1. The minimum atomic E-state index is -4.28. The van der Waals surface area contributed by atoms with Gasteiger partial charge >= 0.3 is 12.3 Å². The molecule has 17 heavy (non-hydrogen) atoms. The van der Waals surface area contributed by atoms with Crippen LogP contribution >= 0.6 is 0 Å². The Kier molecular flexibility index (Phi) is 3.87. The number of halogens is 4. The SMILES string of the molecule is O=C(NCC(F)(F)C(F)F)c1ccc(=O)[nH]c1. The fraction of sp³-hybridized carbons (Fsp3) is 0.333. The second kappa shape index (κ2) is 4.98. The van der Waals surface area contributed by atoms with Crippen LogP contribution < -0.4 is 10.9 Å². The standard InChI is InChI=1S/C9H8F4N2O2/c10-8(11)9(12,13)4-15-7(17)5-1-2-6(16)14-3-5/h1-3,8H,4H2,(H,14,16)(H,15,17). The van der Waals surface area contributed by atoms with E-state index in [0.29, 0.717) is 0 Å². The molecule has 0 saturated heterocycles. The molecular weight excluding hydrogens is 244 g/mol. The molecule has 94 valence electrons. The number of nitrogens with one attached hydrogen (secondary N) is 2. The van der Waals surface area contributed by atoms with Gasteiger partial charge in [0, 0.05) is 12.3 Å². The number of alkyl halides is 4. The van der Waals surface area contributed by atoms with Gasteiger partial charge in [-0.1, -0.05) is 0 Å². The van der Waals surface area contributed by atoms with E-state index in [9.17, 15) is 27.2 Å². The van der Waals surface area contributed by atoms with E-state index in [1.165, 1.54) is 0 Å². The van der Waals surface area contributed by atoms with E-state index in [4.69, 9.17) is 0 Å². The molecule has 1 aromatic heterocycles. The summed E-state index contributed by atoms with van der Waals surface area (Å²) in [4.78, 5) is 24.0. The molecule has 0 radical (unpaired) electrons. The van der Waals surface area contributed by atoms with Gasteiger partial charge in [0.2, 0.25) is 5.56 Å². The van der Waals surface area contributed by atoms with E-state index in [1.807, 2.05) is 0 Å². The molecule has 1 rings (SSSR count). The van der Waals surface area contributed by atoms with Crippen LogP contribution in [-0.4, -0.2) is 29.8 Å². The Morgan fingerprint density at radius 2 is 2.06 bits per heavy atom. The van der Waals surface area contributed by atoms with Gasteiger partial charge in [0.15, 0.2) is 0 Å². The van der Waals surface area contributed by atoms with Crippen LogP contribution in [0.4, 0.5) is 17.6 Å². The van der Waals surface area contributed by atoms with Gasteiger partial charge in [-0.05, 0) is 6.07 Å². The van der Waals surface area contributed by atoms with Crippen molar-refractivity contribution in [3.05, 3.63) is 34.2 Å². The maximum Gasteiger partial charge on any atom is 0.324 e. The highest BCUT2D eigenvalue weighted by Crippen LogP contribution is 2.21. The zero-order chi connectivity index (χ0) is 13.1. The number of aromatic amines is 1. The average Bonchev–Trinajstić information content (AvgIpc) is 2.27. The predicted molar refractivity (Wildman–Crippen MR) is 50.3 cm³/mol. The summed E-state index contributed by atoms with van der Waals surface area (Å²) in [5.74, 6) is -5.25. The lowest BCUT2D eigenvalue weighted by molar-refractivity contribution is -0.123. The quantitative estimate of drug-likeness (QED) is 0.785. The molecule has 0 unspecified atom stereocenters. The number of carbonyl (C=O) groups excluding carboxylic acids is 1. The molecule has 2 N–H and O–H groups in total. The van der Waals surface area contributed by atoms with Gasteiger partial charge in [-0.15, -0.1) is 0 Å². The topological polar surface area (TPSA) is 62.0 Å². The van der Waals surface area contributed by atoms with Crippen LogP contribution in [-0.2, 0) is 0 Å². The number of amides is 1. The maximum absolute atomic E-state index is 12.5. The van der Waals surface area contributed by atoms with Crippen molar-refractivity contribution in [2.75, 3.05) is 6.54 Å². The van der Waals surface area contributed by atoms with Crippen molar-refractivity contribution in [1.82, 2.24) is 10.3 Å². The van der Waals surface area contributed by atoms with E-state index in [1.54, 1.807) is 5.32 Å². The van der Waals surface area contributed by atoms with Crippen molar-refractivity contribution < 1.29 is 22.4 Å². The first-order valence-corrected chi connectivity index (χ1v) is 4.46. The summed E-state index contributed by atoms with van der Waals surface area (Å²) in [6.45, 7) is -1.47. The molecule has 0 aliphatic carbocycles. The van der Waals surface area contributed by atoms with Crippen molar-refractivity contribution in [3.63, 3.8) is 0 Å². The minimum absolute atomic E-state index is 0.102. The largest absolute Gasteiger partial charge is 0.346 e. The van der Waals surface area contributed by atoms with Crippen molar-refractivity contribution in [1.29, 1.82) is 0 Å². The third kappa shape index (κ3) is 3.58. The van der Waals surface area contributed by atoms with E-state index >= 15 is 0 Å². The molecule has 8 heteroatoms. The fourth-order valence-electron chi connectivity index (χ4n) is 0.929. The van der Waals surface area contributed by atoms with E-state index in [0.717, 1.165) is 18.3 Å². The molecule has 1 aromatic rings. The summed E-state index contributed by atoms with van der Waals surface area (Å²) in [7, 11) is 0. The van der Waals surface area contributed by atoms with Crippen molar-refractivity contribution in [2.45, 2.75) is 12.3 Å². The minimum Gasteiger partial charge on any atom is -0.346 e. The van der Waals surface area contributed by atoms with Crippen LogP contribution in [0.25, 0.3) is 0 Å². The van der Waals surface area contributed by atoms with Crippen molar-refractivity contribution in [3.8, 4) is 0 Å². The second-order valence-electron chi connectivity index (χ2n) is 3.19. The van der Waals surface area contributed by atoms with Crippen LogP contribution in [0.5, 0.6) is 0 Å². The smallest absolute Gasteiger partial charge is 0.324 e. The van der Waals surface area contributed by atoms with Crippen LogP contribution in [0.3, 0.4) is 0 Å². The molecule has 0 atom stereocenters. The van der Waals surface area contributed by atoms with Crippen LogP contribution in [0.2, 0.25) is 0 Å². The molecule has 0 fully saturated rings. The number of carbonyl (C=O) groups is 1. The molecular formula is C9H8F4N2O2. The van der Waals surface area contributed by atoms with Gasteiger partial charge in [0.05, 0.1) is 12.1 Å². The summed E-state index contributed by atoms with van der Waals surface area (Å²) in [6, 6.07) is 2.11. The normalized spacial score (nSPS) is 11.6. The highest BCUT2D eigenvalue weighted by atomic mass is 19.3. The average molecular weight is 252 g/mol. The lowest BCUT2D eigenvalue weighted by Gasteiger charge is -2.15. The summed E-state index contributed by atoms with van der Waals surface area (Å²) >= 11 is 0. The Hall–Kier alpha value is -1.86. The van der Waals surface area contributed by atoms with E-state index in [-0.39, 0.29) is 5.56 Å². The first-order chi connectivity index (χ1) is 7.83. The Morgan fingerprint density at radius 1 is 1.41 bits per heavy atom. The van der Waals surface area contributed by atoms with Gasteiger partial charge < -0.3 is 10.3 Å². The van der Waals surface area contributed by atoms with Crippen LogP contribution in [0, 0.1) is 0 Å². The third-order valence-corrected chi connectivity index (χ3v) is 1.85. The van der Waals surface area contributed by atoms with Gasteiger partial charge in [-0.2, -0.15) is 8.78 Å². The van der Waals surface area contributed by atoms with Gasteiger partial charge in [0.25, 0.3) is 5.91 Å². The van der Waals surface area contributed by atoms with Gasteiger partial charge in [-0.3, -0.25) is 9.59 Å². The van der Waals surface area contributed by atoms with Crippen molar-refractivity contribution in [2.24, 2.45) is 0 Å². The Balaban J connectivity index is 2.62. The highest BCUT2D eigenvalue weighted by Gasteiger charge is 2.40. The van der Waals surface area contributed by atoms with E-state index < -0.39 is 30.4 Å². The first kappa shape index (κ1) is 13.2. The maximum atomic E-state index is 12.5. The summed E-state index contributed by atoms with van der Waals surface area (Å²) in [5.41, 5.74) is -0.575. The monoisotopic (exact) mass is 252 g/mol. The number of aromatic nitrogens is 1. The zero-order valence-corrected chi connectivity index (χ0v) is 8.34. The lowest BCUT2D eigenvalue weighted by atomic mass is 10.2. The third-order valence-electron chi connectivity index (χ3n) is 1.85. The summed E-state index contributed by atoms with van der Waals surface area (Å²) in [6.07, 6.45) is -2.85. The molecule has 4 nitrogen and oxygen atoms in total. The van der Waals surface area contributed by atoms with Gasteiger partial charge in [0.1, 0.15) is 0 Å². The number of H-pyrrole nitrogens is 1. The molecule has 0 saturated carbocycles. The summed E-state index contributed by atoms with van der Waals surface area (Å²) in [5, 5.41) is 1.65. The zero-order valence-electron chi connectivity index (χ0n) is 8.34. The molecule has 0 bridgehead atoms. The van der Waals surface area contributed by atoms with Crippen molar-refractivity contribution >= 4 is 5.91 Å². The molecule has 0 spiro atoms. The molecule has 0 aromatic carbocycles. The Bertz CT molecular complexity index is 438. The molecule has 0 aliphatic heterocycles. The second-order valence-corrected chi connectivity index (χ2v) is 3.19. The predicted octanol–water partition coefficient (Wildman–Crippen LogP) is 1.01. The van der Waals surface area contributed by atoms with Gasteiger partial charge in [-0.25, -0.2) is 8.78 Å². The lowest BCUT2D eigenvalue weighted by Crippen LogP contribution is -2.41. The Morgan fingerprint density at radius 3 is 2.53 bits per heavy atom. The number of hydrogen-bond acceptors (Lipinski definition) is 2. The highest BCUT2D eigenvalue weighted by molar-refractivity contribution is 5.93. The molecule has 1 heterocycles. The first-order valence-electron chi connectivity index (χ1n) is 4.46. The number of hydrogen-bond donors (Lipinski definition) is 2. The number of rotatable bonds is 4. The Labute approximate surface area is 92.6 Å². The summed E-state index contributed by atoms with van der Waals surface area (Å²) < 4.78 is 48.5. The molecule has 1 amide bonds. The van der Waals surface area contributed by atoms with Crippen LogP contribution in [0.15, 0.2) is 23.1 Å².